The van der Waals surface area contributed by atoms with Gasteiger partial charge in [-0.2, -0.15) is 13.2 Å². The summed E-state index contributed by atoms with van der Waals surface area (Å²) >= 11 is 0. The van der Waals surface area contributed by atoms with Crippen molar-refractivity contribution >= 4 is 29.9 Å². The highest BCUT2D eigenvalue weighted by Crippen LogP contribution is 2.23. The SMILES string of the molecule is Cl.NCC(=O)NCC(=O)Nc1cccc(CCC(F)(F)F)c1. The van der Waals surface area contributed by atoms with Crippen LogP contribution in [-0.2, 0) is 16.0 Å². The van der Waals surface area contributed by atoms with Crippen LogP contribution in [0.3, 0.4) is 0 Å². The third kappa shape index (κ3) is 8.48. The van der Waals surface area contributed by atoms with Crippen molar-refractivity contribution in [1.82, 2.24) is 5.32 Å². The van der Waals surface area contributed by atoms with E-state index in [-0.39, 0.29) is 31.9 Å². The maximum Gasteiger partial charge on any atom is 0.389 e. The minimum atomic E-state index is -4.22. The average molecular weight is 340 g/mol. The van der Waals surface area contributed by atoms with E-state index in [2.05, 4.69) is 10.6 Å². The summed E-state index contributed by atoms with van der Waals surface area (Å²) in [5.74, 6) is -0.950. The standard InChI is InChI=1S/C13H16F3N3O2.ClH/c14-13(15,16)5-4-9-2-1-3-10(6-9)19-12(21)8-18-11(20)7-17;/h1-3,6H,4-5,7-8,17H2,(H,18,20)(H,19,21);1H. The number of carbonyl (C=O) groups is 2. The summed E-state index contributed by atoms with van der Waals surface area (Å²) in [4.78, 5) is 22.4. The molecule has 0 bridgehead atoms. The van der Waals surface area contributed by atoms with Gasteiger partial charge in [0.15, 0.2) is 0 Å². The minimum absolute atomic E-state index is 0. The van der Waals surface area contributed by atoms with E-state index in [4.69, 9.17) is 5.73 Å². The number of rotatable bonds is 6. The Bertz CT molecular complexity index is 510. The monoisotopic (exact) mass is 339 g/mol. The molecule has 0 aliphatic carbocycles. The second-order valence-corrected chi connectivity index (χ2v) is 4.34. The van der Waals surface area contributed by atoms with Crippen molar-refractivity contribution in [3.05, 3.63) is 29.8 Å². The normalized spacial score (nSPS) is 10.5. The predicted octanol–water partition coefficient (Wildman–Crippen LogP) is 1.62. The van der Waals surface area contributed by atoms with Crippen LogP contribution in [0.15, 0.2) is 24.3 Å². The van der Waals surface area contributed by atoms with E-state index in [0.717, 1.165) is 0 Å². The summed E-state index contributed by atoms with van der Waals surface area (Å²) in [6.45, 7) is -0.469. The lowest BCUT2D eigenvalue weighted by Crippen LogP contribution is -2.36. The Morgan fingerprint density at radius 2 is 1.86 bits per heavy atom. The summed E-state index contributed by atoms with van der Waals surface area (Å²) in [7, 11) is 0. The van der Waals surface area contributed by atoms with Crippen LogP contribution in [-0.4, -0.2) is 31.1 Å². The van der Waals surface area contributed by atoms with Crippen molar-refractivity contribution in [2.24, 2.45) is 5.73 Å². The van der Waals surface area contributed by atoms with Gasteiger partial charge in [0.25, 0.3) is 0 Å². The van der Waals surface area contributed by atoms with Crippen molar-refractivity contribution < 1.29 is 22.8 Å². The van der Waals surface area contributed by atoms with Crippen LogP contribution in [0.2, 0.25) is 0 Å². The van der Waals surface area contributed by atoms with Crippen LogP contribution >= 0.6 is 12.4 Å². The second kappa shape index (κ2) is 9.26. The van der Waals surface area contributed by atoms with Gasteiger partial charge >= 0.3 is 6.18 Å². The zero-order chi connectivity index (χ0) is 15.9. The fraction of sp³-hybridized carbons (Fsp3) is 0.385. The number of hydrogen-bond donors (Lipinski definition) is 3. The van der Waals surface area contributed by atoms with E-state index in [1.54, 1.807) is 18.2 Å². The Kier molecular flexibility index (Phi) is 8.51. The number of aryl methyl sites for hydroxylation is 1. The van der Waals surface area contributed by atoms with E-state index < -0.39 is 24.4 Å². The van der Waals surface area contributed by atoms with Crippen LogP contribution in [0.4, 0.5) is 18.9 Å². The molecule has 0 saturated carbocycles. The molecule has 4 N–H and O–H groups in total. The second-order valence-electron chi connectivity index (χ2n) is 4.34. The molecule has 5 nitrogen and oxygen atoms in total. The van der Waals surface area contributed by atoms with Crippen molar-refractivity contribution in [3.63, 3.8) is 0 Å². The molecule has 0 unspecified atom stereocenters. The van der Waals surface area contributed by atoms with Gasteiger partial charge in [0, 0.05) is 12.1 Å². The number of nitrogens with two attached hydrogens (primary N) is 1. The molecule has 0 heterocycles. The highest BCUT2D eigenvalue weighted by molar-refractivity contribution is 5.94. The molecule has 0 aliphatic heterocycles. The van der Waals surface area contributed by atoms with Gasteiger partial charge in [-0.1, -0.05) is 12.1 Å². The van der Waals surface area contributed by atoms with Gasteiger partial charge in [0.2, 0.25) is 11.8 Å². The number of benzene rings is 1. The fourth-order valence-electron chi connectivity index (χ4n) is 1.55. The summed E-state index contributed by atoms with van der Waals surface area (Å²) in [5.41, 5.74) is 5.91. The molecule has 1 aromatic carbocycles. The van der Waals surface area contributed by atoms with Gasteiger partial charge in [-0.15, -0.1) is 12.4 Å². The maximum atomic E-state index is 12.1. The van der Waals surface area contributed by atoms with Gasteiger partial charge in [0.1, 0.15) is 0 Å². The molecule has 1 aromatic rings. The zero-order valence-corrected chi connectivity index (χ0v) is 12.4. The predicted molar refractivity (Wildman–Crippen MR) is 78.8 cm³/mol. The third-order valence-electron chi connectivity index (χ3n) is 2.54. The number of hydrogen-bond acceptors (Lipinski definition) is 3. The Morgan fingerprint density at radius 3 is 2.45 bits per heavy atom. The van der Waals surface area contributed by atoms with Crippen LogP contribution in [0.1, 0.15) is 12.0 Å². The molecule has 0 radical (unpaired) electrons. The Hall–Kier alpha value is -1.80. The first kappa shape index (κ1) is 20.2. The molecule has 0 saturated heterocycles. The lowest BCUT2D eigenvalue weighted by molar-refractivity contribution is -0.134. The summed E-state index contributed by atoms with van der Waals surface area (Å²) in [6.07, 6.45) is -5.29. The average Bonchev–Trinajstić information content (AvgIpc) is 2.42. The van der Waals surface area contributed by atoms with E-state index in [1.807, 2.05) is 0 Å². The van der Waals surface area contributed by atoms with Crippen LogP contribution in [0.25, 0.3) is 0 Å². The topological polar surface area (TPSA) is 84.2 Å². The molecule has 2 amide bonds. The molecule has 0 atom stereocenters. The number of amides is 2. The molecule has 0 fully saturated rings. The highest BCUT2D eigenvalue weighted by Gasteiger charge is 2.26. The van der Waals surface area contributed by atoms with Gasteiger partial charge in [0.05, 0.1) is 13.1 Å². The first-order chi connectivity index (χ1) is 9.80. The Labute approximate surface area is 131 Å². The van der Waals surface area contributed by atoms with Crippen LogP contribution in [0, 0.1) is 0 Å². The van der Waals surface area contributed by atoms with E-state index in [1.165, 1.54) is 6.07 Å². The molecular weight excluding hydrogens is 323 g/mol. The molecule has 0 spiro atoms. The number of carbonyl (C=O) groups excluding carboxylic acids is 2. The van der Waals surface area contributed by atoms with Crippen LogP contribution < -0.4 is 16.4 Å². The maximum absolute atomic E-state index is 12.1. The number of anilines is 1. The van der Waals surface area contributed by atoms with Crippen molar-refractivity contribution in [3.8, 4) is 0 Å². The fourth-order valence-corrected chi connectivity index (χ4v) is 1.55. The Morgan fingerprint density at radius 1 is 1.18 bits per heavy atom. The van der Waals surface area contributed by atoms with Gasteiger partial charge in [-0.25, -0.2) is 0 Å². The van der Waals surface area contributed by atoms with Gasteiger partial charge in [-0.3, -0.25) is 9.59 Å². The molecule has 0 aromatic heterocycles. The zero-order valence-electron chi connectivity index (χ0n) is 11.6. The quantitative estimate of drug-likeness (QED) is 0.736. The first-order valence-corrected chi connectivity index (χ1v) is 6.22. The molecule has 22 heavy (non-hydrogen) atoms. The van der Waals surface area contributed by atoms with Crippen LogP contribution in [0.5, 0.6) is 0 Å². The summed E-state index contributed by atoms with van der Waals surface area (Å²) in [6, 6.07) is 6.13. The molecule has 9 heteroatoms. The van der Waals surface area contributed by atoms with E-state index in [0.29, 0.717) is 11.3 Å². The Balaban J connectivity index is 0.00000441. The van der Waals surface area contributed by atoms with E-state index in [9.17, 15) is 22.8 Å². The lowest BCUT2D eigenvalue weighted by atomic mass is 10.1. The highest BCUT2D eigenvalue weighted by atomic mass is 35.5. The van der Waals surface area contributed by atoms with Crippen molar-refractivity contribution in [1.29, 1.82) is 0 Å². The summed E-state index contributed by atoms with van der Waals surface area (Å²) < 4.78 is 36.4. The van der Waals surface area contributed by atoms with Crippen molar-refractivity contribution in [2.75, 3.05) is 18.4 Å². The van der Waals surface area contributed by atoms with Crippen molar-refractivity contribution in [2.45, 2.75) is 19.0 Å². The van der Waals surface area contributed by atoms with E-state index >= 15 is 0 Å². The number of halogens is 4. The number of alkyl halides is 3. The largest absolute Gasteiger partial charge is 0.389 e. The summed E-state index contributed by atoms with van der Waals surface area (Å²) in [5, 5.41) is 4.77. The molecule has 124 valence electrons. The first-order valence-electron chi connectivity index (χ1n) is 6.22. The molecular formula is C13H17ClF3N3O2. The van der Waals surface area contributed by atoms with Gasteiger partial charge in [-0.05, 0) is 24.1 Å². The smallest absolute Gasteiger partial charge is 0.346 e. The molecule has 1 rings (SSSR count). The molecule has 0 aliphatic rings. The minimum Gasteiger partial charge on any atom is -0.346 e. The number of nitrogens with one attached hydrogen (secondary N) is 2. The van der Waals surface area contributed by atoms with Gasteiger partial charge < -0.3 is 16.4 Å². The third-order valence-corrected chi connectivity index (χ3v) is 2.54. The lowest BCUT2D eigenvalue weighted by Gasteiger charge is -2.09.